The Balaban J connectivity index is 2.38. The summed E-state index contributed by atoms with van der Waals surface area (Å²) in [4.78, 5) is 13.5. The van der Waals surface area contributed by atoms with E-state index in [0.717, 1.165) is 13.0 Å². The first kappa shape index (κ1) is 11.8. The Morgan fingerprint density at radius 3 is 3.00 bits per heavy atom. The normalized spacial score (nSPS) is 23.9. The van der Waals surface area contributed by atoms with Gasteiger partial charge in [0, 0.05) is 31.4 Å². The number of carbonyl (C=O) groups excluding carboxylic acids is 1. The van der Waals surface area contributed by atoms with Crippen LogP contribution in [0.3, 0.4) is 0 Å². The Bertz CT molecular complexity index is 201. The highest BCUT2D eigenvalue weighted by molar-refractivity contribution is 7.98. The molecule has 0 aliphatic carbocycles. The zero-order valence-electron chi connectivity index (χ0n) is 8.48. The fourth-order valence-corrected chi connectivity index (χ4v) is 2.17. The predicted octanol–water partition coefficient (Wildman–Crippen LogP) is -0.482. The zero-order valence-corrected chi connectivity index (χ0v) is 9.30. The number of hydrogen-bond acceptors (Lipinski definition) is 4. The van der Waals surface area contributed by atoms with Gasteiger partial charge in [0.1, 0.15) is 0 Å². The van der Waals surface area contributed by atoms with Gasteiger partial charge >= 0.3 is 0 Å². The minimum atomic E-state index is -0.387. The highest BCUT2D eigenvalue weighted by atomic mass is 32.2. The van der Waals surface area contributed by atoms with Crippen molar-refractivity contribution >= 4 is 17.7 Å². The van der Waals surface area contributed by atoms with Gasteiger partial charge in [-0.3, -0.25) is 4.79 Å². The molecule has 4 nitrogen and oxygen atoms in total. The third kappa shape index (κ3) is 2.87. The van der Waals surface area contributed by atoms with Gasteiger partial charge in [-0.15, -0.1) is 0 Å². The van der Waals surface area contributed by atoms with Crippen molar-refractivity contribution in [3.05, 3.63) is 0 Å². The Labute approximate surface area is 88.8 Å². The molecular formula is C9H18N2O2S. The molecule has 0 radical (unpaired) electrons. The lowest BCUT2D eigenvalue weighted by atomic mass is 10.1. The second kappa shape index (κ2) is 5.58. The molecular weight excluding hydrogens is 200 g/mol. The molecule has 0 bridgehead atoms. The number of likely N-dealkylation sites (tertiary alicyclic amines) is 1. The van der Waals surface area contributed by atoms with E-state index >= 15 is 0 Å². The van der Waals surface area contributed by atoms with E-state index in [1.807, 2.05) is 6.26 Å². The minimum absolute atomic E-state index is 0.0234. The molecule has 0 spiro atoms. The van der Waals surface area contributed by atoms with Crippen molar-refractivity contribution in [2.45, 2.75) is 12.5 Å². The Morgan fingerprint density at radius 1 is 1.79 bits per heavy atom. The second-order valence-electron chi connectivity index (χ2n) is 3.68. The number of hydrogen-bond donors (Lipinski definition) is 2. The van der Waals surface area contributed by atoms with E-state index in [9.17, 15) is 4.79 Å². The van der Waals surface area contributed by atoms with Crippen LogP contribution in [-0.2, 0) is 4.79 Å². The summed E-state index contributed by atoms with van der Waals surface area (Å²) in [6.45, 7) is 1.57. The summed E-state index contributed by atoms with van der Waals surface area (Å²) in [6, 6.07) is -0.387. The summed E-state index contributed by atoms with van der Waals surface area (Å²) in [5.74, 6) is 0.940. The summed E-state index contributed by atoms with van der Waals surface area (Å²) in [5, 5.41) is 8.93. The molecule has 82 valence electrons. The Morgan fingerprint density at radius 2 is 2.50 bits per heavy atom. The van der Waals surface area contributed by atoms with E-state index in [1.165, 1.54) is 0 Å². The molecule has 0 aromatic rings. The molecule has 2 unspecified atom stereocenters. The molecule has 1 fully saturated rings. The number of rotatable bonds is 4. The third-order valence-electron chi connectivity index (χ3n) is 2.52. The SMILES string of the molecule is CSCC(N)C(=O)N1CCC(CO)C1. The molecule has 0 aromatic heterocycles. The van der Waals surface area contributed by atoms with E-state index in [-0.39, 0.29) is 24.5 Å². The highest BCUT2D eigenvalue weighted by Gasteiger charge is 2.28. The molecule has 1 heterocycles. The summed E-state index contributed by atoms with van der Waals surface area (Å²) < 4.78 is 0. The topological polar surface area (TPSA) is 66.6 Å². The maximum absolute atomic E-state index is 11.7. The lowest BCUT2D eigenvalue weighted by Crippen LogP contribution is -2.44. The van der Waals surface area contributed by atoms with Crippen LogP contribution in [-0.4, -0.2) is 53.7 Å². The van der Waals surface area contributed by atoms with Crippen molar-refractivity contribution < 1.29 is 9.90 Å². The van der Waals surface area contributed by atoms with Gasteiger partial charge in [-0.2, -0.15) is 11.8 Å². The molecule has 1 aliphatic rings. The maximum atomic E-state index is 11.7. The molecule has 1 rings (SSSR count). The Hall–Kier alpha value is -0.260. The largest absolute Gasteiger partial charge is 0.396 e. The number of nitrogens with two attached hydrogens (primary N) is 1. The van der Waals surface area contributed by atoms with E-state index in [2.05, 4.69) is 0 Å². The second-order valence-corrected chi connectivity index (χ2v) is 4.59. The van der Waals surface area contributed by atoms with Crippen LogP contribution in [0.1, 0.15) is 6.42 Å². The number of thioether (sulfide) groups is 1. The van der Waals surface area contributed by atoms with Gasteiger partial charge in [0.2, 0.25) is 5.91 Å². The molecule has 0 saturated carbocycles. The van der Waals surface area contributed by atoms with Gasteiger partial charge in [-0.25, -0.2) is 0 Å². The third-order valence-corrected chi connectivity index (χ3v) is 3.21. The first-order chi connectivity index (χ1) is 6.69. The van der Waals surface area contributed by atoms with Crippen LogP contribution in [0.15, 0.2) is 0 Å². The number of aliphatic hydroxyl groups is 1. The fraction of sp³-hybridized carbons (Fsp3) is 0.889. The van der Waals surface area contributed by atoms with Crippen LogP contribution < -0.4 is 5.73 Å². The first-order valence-corrected chi connectivity index (χ1v) is 6.22. The lowest BCUT2D eigenvalue weighted by molar-refractivity contribution is -0.131. The molecule has 1 aliphatic heterocycles. The molecule has 5 heteroatoms. The smallest absolute Gasteiger partial charge is 0.240 e. The van der Waals surface area contributed by atoms with Crippen molar-refractivity contribution in [2.75, 3.05) is 31.7 Å². The number of amides is 1. The zero-order chi connectivity index (χ0) is 10.6. The van der Waals surface area contributed by atoms with Crippen molar-refractivity contribution in [1.29, 1.82) is 0 Å². The van der Waals surface area contributed by atoms with Gasteiger partial charge in [0.25, 0.3) is 0 Å². The average Bonchev–Trinajstić information content (AvgIpc) is 2.65. The van der Waals surface area contributed by atoms with E-state index in [0.29, 0.717) is 12.3 Å². The van der Waals surface area contributed by atoms with Gasteiger partial charge < -0.3 is 15.7 Å². The summed E-state index contributed by atoms with van der Waals surface area (Å²) in [7, 11) is 0. The number of aliphatic hydroxyl groups excluding tert-OH is 1. The van der Waals surface area contributed by atoms with Gasteiger partial charge in [-0.1, -0.05) is 0 Å². The van der Waals surface area contributed by atoms with Gasteiger partial charge in [0.15, 0.2) is 0 Å². The van der Waals surface area contributed by atoms with Crippen LogP contribution in [0.25, 0.3) is 0 Å². The highest BCUT2D eigenvalue weighted by Crippen LogP contribution is 2.16. The summed E-state index contributed by atoms with van der Waals surface area (Å²) >= 11 is 1.58. The Kier molecular flexibility index (Phi) is 4.71. The van der Waals surface area contributed by atoms with Crippen LogP contribution in [0.2, 0.25) is 0 Å². The molecule has 1 saturated heterocycles. The van der Waals surface area contributed by atoms with Crippen molar-refractivity contribution in [3.8, 4) is 0 Å². The van der Waals surface area contributed by atoms with Gasteiger partial charge in [0.05, 0.1) is 6.04 Å². The number of nitrogens with zero attached hydrogens (tertiary/aromatic N) is 1. The standard InChI is InChI=1S/C9H18N2O2S/c1-14-6-8(10)9(13)11-3-2-7(4-11)5-12/h7-8,12H,2-6,10H2,1H3. The van der Waals surface area contributed by atoms with Crippen LogP contribution in [0, 0.1) is 5.92 Å². The van der Waals surface area contributed by atoms with Crippen LogP contribution >= 0.6 is 11.8 Å². The monoisotopic (exact) mass is 218 g/mol. The predicted molar refractivity (Wildman–Crippen MR) is 58.1 cm³/mol. The number of carbonyl (C=O) groups is 1. The van der Waals surface area contributed by atoms with E-state index in [1.54, 1.807) is 16.7 Å². The summed E-state index contributed by atoms with van der Waals surface area (Å²) in [6.07, 6.45) is 2.84. The molecule has 3 N–H and O–H groups in total. The quantitative estimate of drug-likeness (QED) is 0.669. The van der Waals surface area contributed by atoms with Gasteiger partial charge in [-0.05, 0) is 12.7 Å². The maximum Gasteiger partial charge on any atom is 0.240 e. The van der Waals surface area contributed by atoms with E-state index in [4.69, 9.17) is 10.8 Å². The van der Waals surface area contributed by atoms with Crippen LogP contribution in [0.4, 0.5) is 0 Å². The van der Waals surface area contributed by atoms with Crippen molar-refractivity contribution in [2.24, 2.45) is 11.7 Å². The molecule has 2 atom stereocenters. The minimum Gasteiger partial charge on any atom is -0.396 e. The first-order valence-electron chi connectivity index (χ1n) is 4.83. The van der Waals surface area contributed by atoms with Crippen LogP contribution in [0.5, 0.6) is 0 Å². The lowest BCUT2D eigenvalue weighted by Gasteiger charge is -2.20. The fourth-order valence-electron chi connectivity index (χ4n) is 1.67. The summed E-state index contributed by atoms with van der Waals surface area (Å²) in [5.41, 5.74) is 5.72. The van der Waals surface area contributed by atoms with Crippen molar-refractivity contribution in [1.82, 2.24) is 4.90 Å². The van der Waals surface area contributed by atoms with Crippen molar-refractivity contribution in [3.63, 3.8) is 0 Å². The van der Waals surface area contributed by atoms with E-state index < -0.39 is 0 Å². The average molecular weight is 218 g/mol. The molecule has 14 heavy (non-hydrogen) atoms. The molecule has 1 amide bonds. The molecule has 0 aromatic carbocycles.